The van der Waals surface area contributed by atoms with Gasteiger partial charge in [0, 0.05) is 12.3 Å². The Morgan fingerprint density at radius 2 is 1.80 bits per heavy atom. The molecule has 0 fully saturated rings. The van der Waals surface area contributed by atoms with Crippen molar-refractivity contribution in [2.75, 3.05) is 5.88 Å². The summed E-state index contributed by atoms with van der Waals surface area (Å²) in [7, 11) is 0. The van der Waals surface area contributed by atoms with Crippen LogP contribution in [0, 0.1) is 11.8 Å². The minimum atomic E-state index is -2.22. The smallest absolute Gasteiger partial charge is 0.211 e. The molecule has 0 aromatic rings. The van der Waals surface area contributed by atoms with E-state index in [1.54, 1.807) is 0 Å². The first-order valence-corrected chi connectivity index (χ1v) is 3.95. The van der Waals surface area contributed by atoms with E-state index in [0.29, 0.717) is 5.88 Å². The second-order valence-electron chi connectivity index (χ2n) is 2.79. The van der Waals surface area contributed by atoms with E-state index in [-0.39, 0.29) is 18.3 Å². The normalized spacial score (nSPS) is 14.7. The summed E-state index contributed by atoms with van der Waals surface area (Å²) in [6, 6.07) is 0. The standard InChI is InChI=1S/C7H13ClF2/c1-5(2)6(4-8)3-7(9)10/h5-7H,3-4H2,1-2H3. The Labute approximate surface area is 65.6 Å². The Bertz CT molecular complexity index is 83.7. The summed E-state index contributed by atoms with van der Waals surface area (Å²) in [5.74, 6) is 0.551. The summed E-state index contributed by atoms with van der Waals surface area (Å²) in [5, 5.41) is 0. The molecular weight excluding hydrogens is 158 g/mol. The number of halogens is 3. The van der Waals surface area contributed by atoms with Gasteiger partial charge in [0.05, 0.1) is 0 Å². The molecule has 3 heteroatoms. The third kappa shape index (κ3) is 4.04. The molecule has 0 spiro atoms. The molecular formula is C7H13ClF2. The Hall–Kier alpha value is 0.150. The van der Waals surface area contributed by atoms with Gasteiger partial charge in [0.25, 0.3) is 0 Å². The van der Waals surface area contributed by atoms with Crippen LogP contribution in [0.1, 0.15) is 20.3 Å². The van der Waals surface area contributed by atoms with Crippen LogP contribution in [0.3, 0.4) is 0 Å². The lowest BCUT2D eigenvalue weighted by molar-refractivity contribution is 0.108. The quantitative estimate of drug-likeness (QED) is 0.569. The molecule has 0 aliphatic carbocycles. The van der Waals surface area contributed by atoms with Gasteiger partial charge < -0.3 is 0 Å². The Balaban J connectivity index is 3.60. The summed E-state index contributed by atoms with van der Waals surface area (Å²) in [6.07, 6.45) is -2.28. The molecule has 0 nitrogen and oxygen atoms in total. The summed E-state index contributed by atoms with van der Waals surface area (Å²) in [6.45, 7) is 3.82. The van der Waals surface area contributed by atoms with E-state index in [1.165, 1.54) is 0 Å². The fourth-order valence-corrected chi connectivity index (χ4v) is 1.22. The molecule has 0 aromatic carbocycles. The highest BCUT2D eigenvalue weighted by atomic mass is 35.5. The van der Waals surface area contributed by atoms with Crippen LogP contribution in [-0.4, -0.2) is 12.3 Å². The summed E-state index contributed by atoms with van der Waals surface area (Å²) < 4.78 is 23.5. The molecule has 1 atom stereocenters. The van der Waals surface area contributed by atoms with E-state index in [0.717, 1.165) is 0 Å². The number of hydrogen-bond donors (Lipinski definition) is 0. The van der Waals surface area contributed by atoms with Crippen molar-refractivity contribution in [1.29, 1.82) is 0 Å². The minimum Gasteiger partial charge on any atom is -0.211 e. The molecule has 0 aliphatic heterocycles. The molecule has 0 rings (SSSR count). The fraction of sp³-hybridized carbons (Fsp3) is 1.00. The highest BCUT2D eigenvalue weighted by Crippen LogP contribution is 2.20. The van der Waals surface area contributed by atoms with Crippen LogP contribution < -0.4 is 0 Å². The third-order valence-corrected chi connectivity index (χ3v) is 2.02. The first kappa shape index (κ1) is 10.2. The Morgan fingerprint density at radius 1 is 1.30 bits per heavy atom. The zero-order chi connectivity index (χ0) is 8.15. The topological polar surface area (TPSA) is 0 Å². The van der Waals surface area contributed by atoms with Crippen molar-refractivity contribution in [2.24, 2.45) is 11.8 Å². The number of hydrogen-bond acceptors (Lipinski definition) is 0. The van der Waals surface area contributed by atoms with Crippen molar-refractivity contribution >= 4 is 11.6 Å². The van der Waals surface area contributed by atoms with Crippen LogP contribution in [-0.2, 0) is 0 Å². The molecule has 0 aliphatic rings. The van der Waals surface area contributed by atoms with Gasteiger partial charge in [0.1, 0.15) is 0 Å². The molecule has 0 heterocycles. The van der Waals surface area contributed by atoms with E-state index >= 15 is 0 Å². The summed E-state index contributed by atoms with van der Waals surface area (Å²) >= 11 is 5.47. The van der Waals surface area contributed by atoms with Crippen LogP contribution in [0.15, 0.2) is 0 Å². The molecule has 0 saturated heterocycles. The van der Waals surface area contributed by atoms with Crippen molar-refractivity contribution < 1.29 is 8.78 Å². The maximum atomic E-state index is 11.8. The Morgan fingerprint density at radius 3 is 1.90 bits per heavy atom. The van der Waals surface area contributed by atoms with E-state index < -0.39 is 6.43 Å². The first-order chi connectivity index (χ1) is 4.57. The maximum Gasteiger partial charge on any atom is 0.239 e. The fourth-order valence-electron chi connectivity index (χ4n) is 0.742. The van der Waals surface area contributed by atoms with Gasteiger partial charge in [-0.1, -0.05) is 13.8 Å². The van der Waals surface area contributed by atoms with Gasteiger partial charge in [-0.15, -0.1) is 11.6 Å². The zero-order valence-corrected chi connectivity index (χ0v) is 7.04. The predicted molar refractivity (Wildman–Crippen MR) is 39.7 cm³/mol. The van der Waals surface area contributed by atoms with Crippen molar-refractivity contribution in [2.45, 2.75) is 26.7 Å². The zero-order valence-electron chi connectivity index (χ0n) is 6.28. The van der Waals surface area contributed by atoms with E-state index in [4.69, 9.17) is 11.6 Å². The molecule has 10 heavy (non-hydrogen) atoms. The largest absolute Gasteiger partial charge is 0.239 e. The lowest BCUT2D eigenvalue weighted by Gasteiger charge is -2.16. The van der Waals surface area contributed by atoms with Crippen molar-refractivity contribution in [3.8, 4) is 0 Å². The average molecular weight is 171 g/mol. The Kier molecular flexibility index (Phi) is 4.96. The SMILES string of the molecule is CC(C)C(CCl)CC(F)F. The highest BCUT2D eigenvalue weighted by molar-refractivity contribution is 6.18. The number of rotatable bonds is 4. The number of alkyl halides is 3. The summed E-state index contributed by atoms with van der Waals surface area (Å²) in [5.41, 5.74) is 0. The van der Waals surface area contributed by atoms with Crippen LogP contribution in [0.2, 0.25) is 0 Å². The first-order valence-electron chi connectivity index (χ1n) is 3.42. The van der Waals surface area contributed by atoms with Gasteiger partial charge in [-0.25, -0.2) is 8.78 Å². The predicted octanol–water partition coefficient (Wildman–Crippen LogP) is 3.15. The second kappa shape index (κ2) is 4.89. The third-order valence-electron chi connectivity index (χ3n) is 1.62. The van der Waals surface area contributed by atoms with Crippen LogP contribution in [0.25, 0.3) is 0 Å². The van der Waals surface area contributed by atoms with Crippen molar-refractivity contribution in [1.82, 2.24) is 0 Å². The lowest BCUT2D eigenvalue weighted by atomic mass is 9.95. The van der Waals surface area contributed by atoms with Gasteiger partial charge in [0.15, 0.2) is 0 Å². The monoisotopic (exact) mass is 170 g/mol. The molecule has 0 N–H and O–H groups in total. The van der Waals surface area contributed by atoms with Gasteiger partial charge >= 0.3 is 0 Å². The molecule has 0 saturated carbocycles. The molecule has 0 radical (unpaired) electrons. The molecule has 0 amide bonds. The van der Waals surface area contributed by atoms with Gasteiger partial charge in [-0.3, -0.25) is 0 Å². The average Bonchev–Trinajstić information content (AvgIpc) is 1.81. The van der Waals surface area contributed by atoms with E-state index in [2.05, 4.69) is 0 Å². The lowest BCUT2D eigenvalue weighted by Crippen LogP contribution is -2.14. The summed E-state index contributed by atoms with van der Waals surface area (Å²) in [4.78, 5) is 0. The van der Waals surface area contributed by atoms with Crippen LogP contribution >= 0.6 is 11.6 Å². The van der Waals surface area contributed by atoms with Gasteiger partial charge in [-0.2, -0.15) is 0 Å². The molecule has 1 unspecified atom stereocenters. The van der Waals surface area contributed by atoms with E-state index in [1.807, 2.05) is 13.8 Å². The van der Waals surface area contributed by atoms with Crippen LogP contribution in [0.5, 0.6) is 0 Å². The molecule has 0 bridgehead atoms. The van der Waals surface area contributed by atoms with Crippen molar-refractivity contribution in [3.05, 3.63) is 0 Å². The van der Waals surface area contributed by atoms with Crippen molar-refractivity contribution in [3.63, 3.8) is 0 Å². The second-order valence-corrected chi connectivity index (χ2v) is 3.09. The maximum absolute atomic E-state index is 11.8. The van der Waals surface area contributed by atoms with E-state index in [9.17, 15) is 8.78 Å². The van der Waals surface area contributed by atoms with Crippen LogP contribution in [0.4, 0.5) is 8.78 Å². The minimum absolute atomic E-state index is 0.0401. The molecule has 62 valence electrons. The highest BCUT2D eigenvalue weighted by Gasteiger charge is 2.16. The van der Waals surface area contributed by atoms with Gasteiger partial charge in [0.2, 0.25) is 6.43 Å². The molecule has 0 aromatic heterocycles. The van der Waals surface area contributed by atoms with Gasteiger partial charge in [-0.05, 0) is 11.8 Å².